The minimum Gasteiger partial charge on any atom is -0.355 e. The van der Waals surface area contributed by atoms with E-state index in [1.165, 1.54) is 0 Å². The Balaban J connectivity index is 1.66. The molecule has 0 aliphatic heterocycles. The highest BCUT2D eigenvalue weighted by atomic mass is 32.1. The summed E-state index contributed by atoms with van der Waals surface area (Å²) in [5.41, 5.74) is 5.65. The number of hydrogen-bond acceptors (Lipinski definition) is 4. The number of nitrogens with one attached hydrogen (secondary N) is 1. The standard InChI is InChI=1S/C13H21N3OS/c14-9-10-1-3-11(4-2-10)13(17)16-6-5-12-15-7-8-18-12/h7-8,10-11H,1-6,9,14H2,(H,16,17). The second-order valence-electron chi connectivity index (χ2n) is 4.92. The number of rotatable bonds is 5. The third-order valence-corrected chi connectivity index (χ3v) is 4.51. The van der Waals surface area contributed by atoms with Crippen molar-refractivity contribution in [1.82, 2.24) is 10.3 Å². The highest BCUT2D eigenvalue weighted by molar-refractivity contribution is 7.09. The molecular formula is C13H21N3OS. The molecule has 0 saturated heterocycles. The zero-order chi connectivity index (χ0) is 12.8. The molecule has 1 aliphatic rings. The Morgan fingerprint density at radius 3 is 2.83 bits per heavy atom. The monoisotopic (exact) mass is 267 g/mol. The van der Waals surface area contributed by atoms with Crippen LogP contribution in [0.4, 0.5) is 0 Å². The van der Waals surface area contributed by atoms with Crippen molar-refractivity contribution in [3.63, 3.8) is 0 Å². The number of nitrogens with zero attached hydrogens (tertiary/aromatic N) is 1. The van der Waals surface area contributed by atoms with Crippen LogP contribution in [-0.2, 0) is 11.2 Å². The maximum Gasteiger partial charge on any atom is 0.223 e. The molecule has 1 heterocycles. The first-order valence-electron chi connectivity index (χ1n) is 6.65. The van der Waals surface area contributed by atoms with Crippen LogP contribution in [0.15, 0.2) is 11.6 Å². The highest BCUT2D eigenvalue weighted by Crippen LogP contribution is 2.28. The molecule has 1 saturated carbocycles. The van der Waals surface area contributed by atoms with Gasteiger partial charge in [-0.2, -0.15) is 0 Å². The first-order valence-corrected chi connectivity index (χ1v) is 7.53. The molecule has 5 heteroatoms. The van der Waals surface area contributed by atoms with Crippen LogP contribution in [0, 0.1) is 11.8 Å². The largest absolute Gasteiger partial charge is 0.355 e. The molecule has 1 aliphatic carbocycles. The van der Waals surface area contributed by atoms with Crippen molar-refractivity contribution in [1.29, 1.82) is 0 Å². The summed E-state index contributed by atoms with van der Waals surface area (Å²) in [6.45, 7) is 1.46. The first-order chi connectivity index (χ1) is 8.79. The third-order valence-electron chi connectivity index (χ3n) is 3.67. The summed E-state index contributed by atoms with van der Waals surface area (Å²) < 4.78 is 0. The van der Waals surface area contributed by atoms with E-state index in [1.807, 2.05) is 5.38 Å². The Kier molecular flexibility index (Phi) is 5.13. The SMILES string of the molecule is NCC1CCC(C(=O)NCCc2nccs2)CC1. The van der Waals surface area contributed by atoms with E-state index < -0.39 is 0 Å². The van der Waals surface area contributed by atoms with Crippen LogP contribution in [0.25, 0.3) is 0 Å². The molecule has 4 nitrogen and oxygen atoms in total. The van der Waals surface area contributed by atoms with Crippen LogP contribution < -0.4 is 11.1 Å². The van der Waals surface area contributed by atoms with E-state index >= 15 is 0 Å². The number of amides is 1. The summed E-state index contributed by atoms with van der Waals surface area (Å²) in [5.74, 6) is 1.04. The fourth-order valence-electron chi connectivity index (χ4n) is 2.47. The molecule has 2 rings (SSSR count). The number of carbonyl (C=O) groups excluding carboxylic acids is 1. The quantitative estimate of drug-likeness (QED) is 0.851. The minimum absolute atomic E-state index is 0.198. The van der Waals surface area contributed by atoms with Gasteiger partial charge < -0.3 is 11.1 Å². The van der Waals surface area contributed by atoms with Crippen molar-refractivity contribution >= 4 is 17.2 Å². The molecule has 1 aromatic heterocycles. The Bertz CT molecular complexity index is 358. The molecule has 0 bridgehead atoms. The van der Waals surface area contributed by atoms with Crippen molar-refractivity contribution in [3.05, 3.63) is 16.6 Å². The van der Waals surface area contributed by atoms with E-state index in [9.17, 15) is 4.79 Å². The second-order valence-corrected chi connectivity index (χ2v) is 5.90. The van der Waals surface area contributed by atoms with Crippen molar-refractivity contribution in [2.75, 3.05) is 13.1 Å². The lowest BCUT2D eigenvalue weighted by atomic mass is 9.81. The molecule has 1 aromatic rings. The Morgan fingerprint density at radius 1 is 1.44 bits per heavy atom. The Morgan fingerprint density at radius 2 is 2.22 bits per heavy atom. The van der Waals surface area contributed by atoms with Gasteiger partial charge in [0.2, 0.25) is 5.91 Å². The van der Waals surface area contributed by atoms with Crippen molar-refractivity contribution in [2.45, 2.75) is 32.1 Å². The van der Waals surface area contributed by atoms with Gasteiger partial charge in [-0.15, -0.1) is 11.3 Å². The minimum atomic E-state index is 0.198. The molecule has 0 aromatic carbocycles. The van der Waals surface area contributed by atoms with Crippen LogP contribution in [0.1, 0.15) is 30.7 Å². The fourth-order valence-corrected chi connectivity index (χ4v) is 3.09. The van der Waals surface area contributed by atoms with Gasteiger partial charge in [0.1, 0.15) is 0 Å². The molecule has 0 radical (unpaired) electrons. The predicted octanol–water partition coefficient (Wildman–Crippen LogP) is 1.57. The van der Waals surface area contributed by atoms with Gasteiger partial charge in [0.05, 0.1) is 5.01 Å². The summed E-state index contributed by atoms with van der Waals surface area (Å²) in [4.78, 5) is 16.2. The van der Waals surface area contributed by atoms with Crippen molar-refractivity contribution < 1.29 is 4.79 Å². The Hall–Kier alpha value is -0.940. The third kappa shape index (κ3) is 3.78. The van der Waals surface area contributed by atoms with E-state index in [1.54, 1.807) is 17.5 Å². The molecule has 18 heavy (non-hydrogen) atoms. The summed E-state index contributed by atoms with van der Waals surface area (Å²) in [6, 6.07) is 0. The van der Waals surface area contributed by atoms with Crippen LogP contribution >= 0.6 is 11.3 Å². The zero-order valence-corrected chi connectivity index (χ0v) is 11.4. The van der Waals surface area contributed by atoms with Crippen LogP contribution in [0.3, 0.4) is 0 Å². The van der Waals surface area contributed by atoms with Gasteiger partial charge >= 0.3 is 0 Å². The molecule has 0 atom stereocenters. The van der Waals surface area contributed by atoms with E-state index in [-0.39, 0.29) is 11.8 Å². The normalized spacial score (nSPS) is 23.8. The van der Waals surface area contributed by atoms with Crippen molar-refractivity contribution in [3.8, 4) is 0 Å². The number of carbonyl (C=O) groups is 1. The Labute approximate surface area is 112 Å². The summed E-state index contributed by atoms with van der Waals surface area (Å²) >= 11 is 1.64. The molecule has 100 valence electrons. The first kappa shape index (κ1) is 13.5. The smallest absolute Gasteiger partial charge is 0.223 e. The van der Waals surface area contributed by atoms with Gasteiger partial charge in [-0.05, 0) is 38.1 Å². The lowest BCUT2D eigenvalue weighted by Gasteiger charge is -2.26. The summed E-state index contributed by atoms with van der Waals surface area (Å²) in [6.07, 6.45) is 6.81. The van der Waals surface area contributed by atoms with Gasteiger partial charge in [0.15, 0.2) is 0 Å². The molecule has 1 amide bonds. The molecule has 0 unspecified atom stereocenters. The van der Waals surface area contributed by atoms with E-state index in [0.717, 1.165) is 43.7 Å². The van der Waals surface area contributed by atoms with Crippen LogP contribution in [0.2, 0.25) is 0 Å². The molecular weight excluding hydrogens is 246 g/mol. The fraction of sp³-hybridized carbons (Fsp3) is 0.692. The highest BCUT2D eigenvalue weighted by Gasteiger charge is 2.25. The lowest BCUT2D eigenvalue weighted by molar-refractivity contribution is -0.126. The topological polar surface area (TPSA) is 68.0 Å². The van der Waals surface area contributed by atoms with E-state index in [0.29, 0.717) is 12.5 Å². The summed E-state index contributed by atoms with van der Waals surface area (Å²) in [7, 11) is 0. The molecule has 3 N–H and O–H groups in total. The van der Waals surface area contributed by atoms with Gasteiger partial charge in [-0.25, -0.2) is 4.98 Å². The van der Waals surface area contributed by atoms with E-state index in [4.69, 9.17) is 5.73 Å². The van der Waals surface area contributed by atoms with Gasteiger partial charge in [0.25, 0.3) is 0 Å². The van der Waals surface area contributed by atoms with Gasteiger partial charge in [-0.1, -0.05) is 0 Å². The van der Waals surface area contributed by atoms with Gasteiger partial charge in [0, 0.05) is 30.5 Å². The summed E-state index contributed by atoms with van der Waals surface area (Å²) in [5, 5.41) is 6.07. The van der Waals surface area contributed by atoms with E-state index in [2.05, 4.69) is 10.3 Å². The number of hydrogen-bond donors (Lipinski definition) is 2. The average Bonchev–Trinajstić information content (AvgIpc) is 2.92. The number of nitrogens with two attached hydrogens (primary N) is 1. The van der Waals surface area contributed by atoms with Crippen LogP contribution in [-0.4, -0.2) is 24.0 Å². The number of thiazole rings is 1. The average molecular weight is 267 g/mol. The van der Waals surface area contributed by atoms with Crippen molar-refractivity contribution in [2.24, 2.45) is 17.6 Å². The molecule has 1 fully saturated rings. The molecule has 0 spiro atoms. The second kappa shape index (κ2) is 6.85. The van der Waals surface area contributed by atoms with Crippen LogP contribution in [0.5, 0.6) is 0 Å². The maximum absolute atomic E-state index is 12.0. The zero-order valence-electron chi connectivity index (χ0n) is 10.6. The predicted molar refractivity (Wildman–Crippen MR) is 73.3 cm³/mol. The van der Waals surface area contributed by atoms with Gasteiger partial charge in [-0.3, -0.25) is 4.79 Å². The number of aromatic nitrogens is 1. The maximum atomic E-state index is 12.0. The lowest BCUT2D eigenvalue weighted by Crippen LogP contribution is -2.35.